The van der Waals surface area contributed by atoms with Crippen LogP contribution < -0.4 is 0 Å². The van der Waals surface area contributed by atoms with Crippen molar-refractivity contribution < 1.29 is 9.53 Å². The van der Waals surface area contributed by atoms with Gasteiger partial charge in [-0.1, -0.05) is 39.5 Å². The van der Waals surface area contributed by atoms with Crippen LogP contribution in [0.3, 0.4) is 0 Å². The van der Waals surface area contributed by atoms with Gasteiger partial charge in [-0.3, -0.25) is 4.79 Å². The van der Waals surface area contributed by atoms with E-state index in [0.717, 1.165) is 55.9 Å². The number of hydrogen-bond donors (Lipinski definition) is 0. The molecule has 6 nitrogen and oxygen atoms in total. The number of hydrogen-bond acceptors (Lipinski definition) is 4. The molecule has 2 aliphatic rings. The highest BCUT2D eigenvalue weighted by molar-refractivity contribution is 5.94. The lowest BCUT2D eigenvalue weighted by Crippen LogP contribution is -2.58. The highest BCUT2D eigenvalue weighted by Gasteiger charge is 2.42. The number of carbonyl (C=O) groups is 1. The van der Waals surface area contributed by atoms with E-state index >= 15 is 0 Å². The predicted octanol–water partition coefficient (Wildman–Crippen LogP) is 5.40. The number of aromatic nitrogens is 3. The Morgan fingerprint density at radius 2 is 1.88 bits per heavy atom. The Morgan fingerprint density at radius 1 is 1.16 bits per heavy atom. The summed E-state index contributed by atoms with van der Waals surface area (Å²) in [7, 11) is 1.74. The fourth-order valence-electron chi connectivity index (χ4n) is 5.93. The summed E-state index contributed by atoms with van der Waals surface area (Å²) in [4.78, 5) is 20.5. The first kappa shape index (κ1) is 23.2. The third kappa shape index (κ3) is 4.30. The second-order valence-electron chi connectivity index (χ2n) is 10.3. The van der Waals surface area contributed by atoms with E-state index in [9.17, 15) is 4.79 Å². The molecular formula is C26H40N4O2. The van der Waals surface area contributed by atoms with Crippen LogP contribution in [0.5, 0.6) is 0 Å². The Morgan fingerprint density at radius 3 is 2.53 bits per heavy atom. The lowest BCUT2D eigenvalue weighted by molar-refractivity contribution is -0.0528. The SMILES string of the molecule is CCC(CC)c1cc(CC2CCCC2)nc2cc(C(=O)N3CCCC(OC)C3(C)C)nn12. The first-order chi connectivity index (χ1) is 15.4. The predicted molar refractivity (Wildman–Crippen MR) is 127 cm³/mol. The Kier molecular flexibility index (Phi) is 6.89. The topological polar surface area (TPSA) is 59.7 Å². The molecule has 6 heteroatoms. The third-order valence-electron chi connectivity index (χ3n) is 7.96. The van der Waals surface area contributed by atoms with Gasteiger partial charge < -0.3 is 9.64 Å². The van der Waals surface area contributed by atoms with Crippen LogP contribution in [-0.4, -0.2) is 50.7 Å². The summed E-state index contributed by atoms with van der Waals surface area (Å²) in [5, 5.41) is 4.82. The monoisotopic (exact) mass is 440 g/mol. The van der Waals surface area contributed by atoms with Gasteiger partial charge in [0.05, 0.1) is 11.6 Å². The molecule has 1 unspecified atom stereocenters. The molecule has 2 aromatic rings. The maximum Gasteiger partial charge on any atom is 0.274 e. The molecule has 1 saturated heterocycles. The molecule has 1 atom stereocenters. The van der Waals surface area contributed by atoms with Gasteiger partial charge in [-0.25, -0.2) is 9.50 Å². The molecule has 32 heavy (non-hydrogen) atoms. The Balaban J connectivity index is 1.71. The Bertz CT molecular complexity index is 941. The Hall–Kier alpha value is -1.95. The zero-order valence-corrected chi connectivity index (χ0v) is 20.6. The molecule has 3 heterocycles. The van der Waals surface area contributed by atoms with Crippen LogP contribution in [-0.2, 0) is 11.2 Å². The first-order valence-corrected chi connectivity index (χ1v) is 12.6. The van der Waals surface area contributed by atoms with Crippen molar-refractivity contribution in [3.05, 3.63) is 29.2 Å². The van der Waals surface area contributed by atoms with Crippen LogP contribution in [0.4, 0.5) is 0 Å². The van der Waals surface area contributed by atoms with Crippen LogP contribution >= 0.6 is 0 Å². The van der Waals surface area contributed by atoms with E-state index in [0.29, 0.717) is 11.6 Å². The van der Waals surface area contributed by atoms with E-state index in [-0.39, 0.29) is 17.6 Å². The number of methoxy groups -OCH3 is 1. The summed E-state index contributed by atoms with van der Waals surface area (Å²) in [6.07, 6.45) is 10.4. The van der Waals surface area contributed by atoms with E-state index in [1.807, 2.05) is 15.5 Å². The zero-order valence-electron chi connectivity index (χ0n) is 20.6. The molecule has 0 bridgehead atoms. The number of nitrogens with zero attached hydrogens (tertiary/aromatic N) is 4. The van der Waals surface area contributed by atoms with Gasteiger partial charge in [0.2, 0.25) is 0 Å². The van der Waals surface area contributed by atoms with Gasteiger partial charge in [0.1, 0.15) is 0 Å². The average Bonchev–Trinajstić information content (AvgIpc) is 3.43. The minimum atomic E-state index is -0.362. The van der Waals surface area contributed by atoms with Crippen molar-refractivity contribution in [3.63, 3.8) is 0 Å². The fraction of sp³-hybridized carbons (Fsp3) is 0.731. The Labute approximate surface area is 192 Å². The van der Waals surface area contributed by atoms with E-state index < -0.39 is 0 Å². The lowest BCUT2D eigenvalue weighted by atomic mass is 9.87. The summed E-state index contributed by atoms with van der Waals surface area (Å²) in [5.41, 5.74) is 3.29. The summed E-state index contributed by atoms with van der Waals surface area (Å²) in [6, 6.07) is 4.16. The number of amides is 1. The zero-order chi connectivity index (χ0) is 22.9. The summed E-state index contributed by atoms with van der Waals surface area (Å²) >= 11 is 0. The van der Waals surface area contributed by atoms with E-state index in [2.05, 4.69) is 33.8 Å². The molecule has 1 amide bonds. The van der Waals surface area contributed by atoms with Gasteiger partial charge in [0.15, 0.2) is 11.3 Å². The largest absolute Gasteiger partial charge is 0.379 e. The highest BCUT2D eigenvalue weighted by atomic mass is 16.5. The molecule has 0 N–H and O–H groups in total. The smallest absolute Gasteiger partial charge is 0.274 e. The molecule has 4 rings (SSSR count). The molecule has 0 spiro atoms. The standard InChI is InChI=1S/C26H40N4O2/c1-6-19(7-2)22-16-20(15-18-11-8-9-12-18)27-24-17-21(28-30(22)24)25(31)29-14-10-13-23(32-5)26(29,3)4/h16-19,23H,6-15H2,1-5H3. The molecule has 2 aromatic heterocycles. The van der Waals surface area contributed by atoms with E-state index in [1.54, 1.807) is 7.11 Å². The highest BCUT2D eigenvalue weighted by Crippen LogP contribution is 2.33. The first-order valence-electron chi connectivity index (χ1n) is 12.6. The molecule has 1 aliphatic heterocycles. The van der Waals surface area contributed by atoms with Crippen molar-refractivity contribution in [1.82, 2.24) is 19.5 Å². The van der Waals surface area contributed by atoms with E-state index in [4.69, 9.17) is 14.8 Å². The molecule has 1 aliphatic carbocycles. The van der Waals surface area contributed by atoms with Crippen molar-refractivity contribution >= 4 is 11.6 Å². The third-order valence-corrected chi connectivity index (χ3v) is 7.96. The lowest BCUT2D eigenvalue weighted by Gasteiger charge is -2.46. The molecule has 0 radical (unpaired) electrons. The fourth-order valence-corrected chi connectivity index (χ4v) is 5.93. The number of carbonyl (C=O) groups excluding carboxylic acids is 1. The molecule has 1 saturated carbocycles. The number of ether oxygens (including phenoxy) is 1. The molecular weight excluding hydrogens is 400 g/mol. The number of piperidine rings is 1. The minimum absolute atomic E-state index is 0.0184. The second kappa shape index (κ2) is 9.50. The molecule has 0 aromatic carbocycles. The van der Waals surface area contributed by atoms with Gasteiger partial charge in [-0.15, -0.1) is 0 Å². The summed E-state index contributed by atoms with van der Waals surface area (Å²) in [6.45, 7) is 9.39. The maximum atomic E-state index is 13.6. The van der Waals surface area contributed by atoms with Crippen molar-refractivity contribution in [2.45, 2.75) is 103 Å². The molecule has 176 valence electrons. The quantitative estimate of drug-likeness (QED) is 0.579. The van der Waals surface area contributed by atoms with Crippen molar-refractivity contribution in [1.29, 1.82) is 0 Å². The van der Waals surface area contributed by atoms with Crippen LogP contribution in [0.15, 0.2) is 12.1 Å². The normalized spacial score (nSPS) is 21.7. The van der Waals surface area contributed by atoms with Gasteiger partial charge in [0, 0.05) is 37.0 Å². The van der Waals surface area contributed by atoms with Gasteiger partial charge in [-0.2, -0.15) is 5.10 Å². The van der Waals surface area contributed by atoms with Crippen LogP contribution in [0.1, 0.15) is 107 Å². The molecule has 2 fully saturated rings. The van der Waals surface area contributed by atoms with Gasteiger partial charge in [0.25, 0.3) is 5.91 Å². The maximum absolute atomic E-state index is 13.6. The van der Waals surface area contributed by atoms with Crippen molar-refractivity contribution in [2.75, 3.05) is 13.7 Å². The minimum Gasteiger partial charge on any atom is -0.379 e. The van der Waals surface area contributed by atoms with Crippen LogP contribution in [0, 0.1) is 5.92 Å². The van der Waals surface area contributed by atoms with Crippen molar-refractivity contribution in [2.24, 2.45) is 5.92 Å². The van der Waals surface area contributed by atoms with Crippen LogP contribution in [0.2, 0.25) is 0 Å². The number of likely N-dealkylation sites (tertiary alicyclic amines) is 1. The number of rotatable bonds is 7. The van der Waals surface area contributed by atoms with Gasteiger partial charge >= 0.3 is 0 Å². The summed E-state index contributed by atoms with van der Waals surface area (Å²) < 4.78 is 7.65. The summed E-state index contributed by atoms with van der Waals surface area (Å²) in [5.74, 6) is 1.13. The van der Waals surface area contributed by atoms with Gasteiger partial charge in [-0.05, 0) is 57.9 Å². The second-order valence-corrected chi connectivity index (χ2v) is 10.3. The number of fused-ring (bicyclic) bond motifs is 1. The average molecular weight is 441 g/mol. The van der Waals surface area contributed by atoms with Crippen molar-refractivity contribution in [3.8, 4) is 0 Å². The van der Waals surface area contributed by atoms with Crippen LogP contribution in [0.25, 0.3) is 5.65 Å². The van der Waals surface area contributed by atoms with E-state index in [1.165, 1.54) is 31.4 Å².